The van der Waals surface area contributed by atoms with Gasteiger partial charge in [-0.1, -0.05) is 12.1 Å². The number of nitrogens with one attached hydrogen (secondary N) is 5. The molecule has 14 nitrogen and oxygen atoms in total. The first kappa shape index (κ1) is 29.1. The monoisotopic (exact) mass is 544 g/mol. The molecule has 1 aliphatic heterocycles. The van der Waals surface area contributed by atoms with E-state index in [0.717, 1.165) is 6.42 Å². The van der Waals surface area contributed by atoms with Crippen molar-refractivity contribution in [2.24, 2.45) is 0 Å². The molecule has 0 bridgehead atoms. The minimum Gasteiger partial charge on any atom is -0.508 e. The van der Waals surface area contributed by atoms with Crippen LogP contribution in [-0.4, -0.2) is 85.7 Å². The number of nitrogens with zero attached hydrogens (tertiary/aromatic N) is 1. The highest BCUT2D eigenvalue weighted by atomic mass is 16.4. The molecule has 8 N–H and O–H groups in total. The van der Waals surface area contributed by atoms with Crippen molar-refractivity contribution in [3.05, 3.63) is 48.0 Å². The molecule has 0 radical (unpaired) electrons. The van der Waals surface area contributed by atoms with Gasteiger partial charge in [0.05, 0.1) is 12.4 Å². The SMILES string of the molecule is O=C(O)CCC(NC(=O)C(Cc1cnc[nH]1)NC(=O)C(Cc1ccc(O)cc1)NC(=O)C1CCCN1)C(=O)O. The van der Waals surface area contributed by atoms with E-state index in [2.05, 4.69) is 31.2 Å². The highest BCUT2D eigenvalue weighted by Gasteiger charge is 2.32. The number of carboxylic acids is 2. The third kappa shape index (κ3) is 9.10. The number of aliphatic carboxylic acids is 2. The second-order valence-corrected chi connectivity index (χ2v) is 9.25. The molecular formula is C25H32N6O8. The van der Waals surface area contributed by atoms with Gasteiger partial charge in [-0.25, -0.2) is 9.78 Å². The molecule has 4 unspecified atom stereocenters. The second-order valence-electron chi connectivity index (χ2n) is 9.25. The van der Waals surface area contributed by atoms with Crippen LogP contribution in [0.4, 0.5) is 0 Å². The number of benzene rings is 1. The Morgan fingerprint density at radius 2 is 1.62 bits per heavy atom. The van der Waals surface area contributed by atoms with Crippen LogP contribution in [0.3, 0.4) is 0 Å². The second kappa shape index (κ2) is 13.9. The molecule has 1 saturated heterocycles. The van der Waals surface area contributed by atoms with E-state index in [-0.39, 0.29) is 30.9 Å². The van der Waals surface area contributed by atoms with Crippen molar-refractivity contribution in [3.63, 3.8) is 0 Å². The first-order chi connectivity index (χ1) is 18.6. The van der Waals surface area contributed by atoms with E-state index < -0.39 is 54.3 Å². The molecule has 1 aliphatic rings. The van der Waals surface area contributed by atoms with Crippen LogP contribution in [0.25, 0.3) is 0 Å². The number of carboxylic acid groups (broad SMARTS) is 2. The number of aromatic nitrogens is 2. The molecule has 14 heteroatoms. The highest BCUT2D eigenvalue weighted by molar-refractivity contribution is 5.94. The molecular weight excluding hydrogens is 512 g/mol. The number of amides is 3. The summed E-state index contributed by atoms with van der Waals surface area (Å²) >= 11 is 0. The number of phenolic OH excluding ortho intramolecular Hbond substituents is 1. The standard InChI is InChI=1S/C25H32N6O8/c32-16-5-3-14(4-6-16)10-19(30-22(35)17-2-1-9-27-17)23(36)31-20(11-15-12-26-13-28-15)24(37)29-18(25(38)39)7-8-21(33)34/h3-6,12-13,17-20,27,32H,1-2,7-11H2,(H,26,28)(H,29,37)(H,30,35)(H,31,36)(H,33,34)(H,38,39). The van der Waals surface area contributed by atoms with E-state index in [0.29, 0.717) is 24.2 Å². The molecule has 0 spiro atoms. The Morgan fingerprint density at radius 1 is 0.949 bits per heavy atom. The first-order valence-corrected chi connectivity index (χ1v) is 12.5. The van der Waals surface area contributed by atoms with E-state index in [1.54, 1.807) is 12.1 Å². The Balaban J connectivity index is 1.79. The van der Waals surface area contributed by atoms with E-state index in [4.69, 9.17) is 5.11 Å². The van der Waals surface area contributed by atoms with Gasteiger partial charge >= 0.3 is 11.9 Å². The van der Waals surface area contributed by atoms with Gasteiger partial charge in [0.1, 0.15) is 23.9 Å². The molecule has 3 amide bonds. The molecule has 3 rings (SSSR count). The van der Waals surface area contributed by atoms with Crippen molar-refractivity contribution in [2.45, 2.75) is 62.7 Å². The van der Waals surface area contributed by atoms with Crippen LogP contribution in [0.2, 0.25) is 0 Å². The van der Waals surface area contributed by atoms with E-state index >= 15 is 0 Å². The fraction of sp³-hybridized carbons (Fsp3) is 0.440. The summed E-state index contributed by atoms with van der Waals surface area (Å²) in [7, 11) is 0. The lowest BCUT2D eigenvalue weighted by Gasteiger charge is -2.25. The average Bonchev–Trinajstić information content (AvgIpc) is 3.61. The number of rotatable bonds is 14. The molecule has 0 saturated carbocycles. The van der Waals surface area contributed by atoms with Gasteiger partial charge in [0.25, 0.3) is 0 Å². The van der Waals surface area contributed by atoms with Crippen molar-refractivity contribution in [2.75, 3.05) is 6.54 Å². The quantitative estimate of drug-likeness (QED) is 0.146. The maximum atomic E-state index is 13.4. The molecule has 210 valence electrons. The van der Waals surface area contributed by atoms with Crippen molar-refractivity contribution < 1.29 is 39.3 Å². The van der Waals surface area contributed by atoms with Gasteiger partial charge in [-0.15, -0.1) is 0 Å². The zero-order valence-electron chi connectivity index (χ0n) is 21.1. The Bertz CT molecular complexity index is 1150. The number of imidazole rings is 1. The van der Waals surface area contributed by atoms with Gasteiger partial charge < -0.3 is 41.6 Å². The molecule has 1 aromatic carbocycles. The van der Waals surface area contributed by atoms with Crippen molar-refractivity contribution >= 4 is 29.7 Å². The summed E-state index contributed by atoms with van der Waals surface area (Å²) in [5.74, 6) is -4.51. The van der Waals surface area contributed by atoms with Gasteiger partial charge in [-0.05, 0) is 43.5 Å². The highest BCUT2D eigenvalue weighted by Crippen LogP contribution is 2.13. The van der Waals surface area contributed by atoms with Crippen LogP contribution in [0.15, 0.2) is 36.8 Å². The van der Waals surface area contributed by atoms with Crippen LogP contribution in [-0.2, 0) is 36.8 Å². The fourth-order valence-corrected chi connectivity index (χ4v) is 4.15. The van der Waals surface area contributed by atoms with Gasteiger partial charge in [0.15, 0.2) is 0 Å². The number of hydrogen-bond acceptors (Lipinski definition) is 8. The Morgan fingerprint density at radius 3 is 2.18 bits per heavy atom. The summed E-state index contributed by atoms with van der Waals surface area (Å²) < 4.78 is 0. The summed E-state index contributed by atoms with van der Waals surface area (Å²) in [6.07, 6.45) is 3.38. The van der Waals surface area contributed by atoms with Crippen molar-refractivity contribution in [3.8, 4) is 5.75 Å². The van der Waals surface area contributed by atoms with Crippen molar-refractivity contribution in [1.82, 2.24) is 31.2 Å². The lowest BCUT2D eigenvalue weighted by Crippen LogP contribution is -2.58. The zero-order valence-corrected chi connectivity index (χ0v) is 21.1. The zero-order chi connectivity index (χ0) is 28.4. The Labute approximate surface area is 223 Å². The summed E-state index contributed by atoms with van der Waals surface area (Å²) in [6, 6.07) is 1.78. The predicted molar refractivity (Wildman–Crippen MR) is 135 cm³/mol. The summed E-state index contributed by atoms with van der Waals surface area (Å²) in [5.41, 5.74) is 1.11. The number of carbonyl (C=O) groups is 5. The normalized spacial score (nSPS) is 17.0. The van der Waals surface area contributed by atoms with Gasteiger partial charge in [0, 0.05) is 31.2 Å². The van der Waals surface area contributed by atoms with Gasteiger partial charge in [0.2, 0.25) is 17.7 Å². The summed E-state index contributed by atoms with van der Waals surface area (Å²) in [5, 5.41) is 38.6. The number of aromatic hydroxyl groups is 1. The molecule has 2 heterocycles. The predicted octanol–water partition coefficient (Wildman–Crippen LogP) is -0.944. The van der Waals surface area contributed by atoms with Crippen LogP contribution in [0.1, 0.15) is 36.9 Å². The first-order valence-electron chi connectivity index (χ1n) is 12.5. The Hall–Kier alpha value is -4.46. The fourth-order valence-electron chi connectivity index (χ4n) is 4.15. The molecule has 4 atom stereocenters. The van der Waals surface area contributed by atoms with Crippen LogP contribution < -0.4 is 21.3 Å². The van der Waals surface area contributed by atoms with Gasteiger partial charge in [-0.3, -0.25) is 19.2 Å². The minimum absolute atomic E-state index is 0.0334. The smallest absolute Gasteiger partial charge is 0.326 e. The van der Waals surface area contributed by atoms with Gasteiger partial charge in [-0.2, -0.15) is 0 Å². The lowest BCUT2D eigenvalue weighted by atomic mass is 10.0. The minimum atomic E-state index is -1.49. The molecule has 1 aromatic heterocycles. The van der Waals surface area contributed by atoms with E-state index in [1.807, 2.05) is 0 Å². The maximum absolute atomic E-state index is 13.4. The third-order valence-electron chi connectivity index (χ3n) is 6.26. The topological polar surface area (TPSA) is 223 Å². The number of carbonyl (C=O) groups excluding carboxylic acids is 3. The summed E-state index contributed by atoms with van der Waals surface area (Å²) in [6.45, 7) is 0.673. The number of hydrogen-bond donors (Lipinski definition) is 8. The van der Waals surface area contributed by atoms with E-state index in [1.165, 1.54) is 24.7 Å². The average molecular weight is 545 g/mol. The van der Waals surface area contributed by atoms with Crippen LogP contribution >= 0.6 is 0 Å². The third-order valence-corrected chi connectivity index (χ3v) is 6.26. The Kier molecular flexibility index (Phi) is 10.4. The largest absolute Gasteiger partial charge is 0.508 e. The van der Waals surface area contributed by atoms with E-state index in [9.17, 15) is 34.2 Å². The van der Waals surface area contributed by atoms with Crippen molar-refractivity contribution in [1.29, 1.82) is 0 Å². The summed E-state index contributed by atoms with van der Waals surface area (Å²) in [4.78, 5) is 68.6. The van der Waals surface area contributed by atoms with Crippen LogP contribution in [0.5, 0.6) is 5.75 Å². The number of aromatic amines is 1. The molecule has 39 heavy (non-hydrogen) atoms. The number of H-pyrrole nitrogens is 1. The maximum Gasteiger partial charge on any atom is 0.326 e. The molecule has 1 fully saturated rings. The van der Waals surface area contributed by atoms with Crippen LogP contribution in [0, 0.1) is 0 Å². The molecule has 0 aliphatic carbocycles. The lowest BCUT2D eigenvalue weighted by molar-refractivity contribution is -0.143. The molecule has 2 aromatic rings. The number of phenols is 1.